The smallest absolute Gasteiger partial charge is 0.222 e. The highest BCUT2D eigenvalue weighted by molar-refractivity contribution is 7.99. The molecular weight excluding hydrogens is 374 g/mol. The summed E-state index contributed by atoms with van der Waals surface area (Å²) < 4.78 is 5.50. The molecule has 0 spiro atoms. The zero-order valence-corrected chi connectivity index (χ0v) is 17.6. The van der Waals surface area contributed by atoms with Gasteiger partial charge in [-0.05, 0) is 24.7 Å². The maximum Gasteiger partial charge on any atom is 0.222 e. The number of nitrogens with zero attached hydrogens (tertiary/aromatic N) is 1. The predicted octanol–water partition coefficient (Wildman–Crippen LogP) is 1.89. The number of carbonyl (C=O) groups excluding carboxylic acids is 2. The fraction of sp³-hybridized carbons (Fsp3) is 0.619. The average Bonchev–Trinajstić information content (AvgIpc) is 3.17. The van der Waals surface area contributed by atoms with Crippen molar-refractivity contribution in [3.05, 3.63) is 35.4 Å². The normalized spacial score (nSPS) is 23.9. The summed E-state index contributed by atoms with van der Waals surface area (Å²) in [5.74, 6) is 2.02. The Morgan fingerprint density at radius 1 is 1.25 bits per heavy atom. The number of rotatable bonds is 7. The maximum atomic E-state index is 12.7. The van der Waals surface area contributed by atoms with Crippen LogP contribution in [0.5, 0.6) is 0 Å². The lowest BCUT2D eigenvalue weighted by Gasteiger charge is -2.43. The number of hydrogen-bond donors (Lipinski definition) is 2. The Labute approximate surface area is 171 Å². The number of nitrogens with one attached hydrogen (secondary N) is 2. The van der Waals surface area contributed by atoms with Crippen molar-refractivity contribution < 1.29 is 14.3 Å². The summed E-state index contributed by atoms with van der Waals surface area (Å²) in [4.78, 5) is 26.9. The fourth-order valence-electron chi connectivity index (χ4n) is 3.95. The highest BCUT2D eigenvalue weighted by Crippen LogP contribution is 2.33. The summed E-state index contributed by atoms with van der Waals surface area (Å²) in [6, 6.07) is 7.66. The van der Waals surface area contributed by atoms with Gasteiger partial charge >= 0.3 is 0 Å². The van der Waals surface area contributed by atoms with Crippen LogP contribution in [0, 0.1) is 6.92 Å². The molecule has 6 nitrogen and oxygen atoms in total. The van der Waals surface area contributed by atoms with E-state index in [4.69, 9.17) is 4.74 Å². The summed E-state index contributed by atoms with van der Waals surface area (Å²) in [6.45, 7) is 7.54. The molecule has 0 radical (unpaired) electrons. The minimum absolute atomic E-state index is 0.0242. The Bertz CT molecular complexity index is 668. The number of benzene rings is 1. The molecule has 2 fully saturated rings. The van der Waals surface area contributed by atoms with Crippen molar-refractivity contribution in [3.8, 4) is 0 Å². The van der Waals surface area contributed by atoms with Gasteiger partial charge in [0, 0.05) is 37.8 Å². The lowest BCUT2D eigenvalue weighted by atomic mass is 9.95. The zero-order chi connectivity index (χ0) is 20.0. The molecule has 2 heterocycles. The highest BCUT2D eigenvalue weighted by atomic mass is 32.2. The molecule has 0 bridgehead atoms. The molecule has 3 rings (SSSR count). The van der Waals surface area contributed by atoms with Gasteiger partial charge in [-0.25, -0.2) is 0 Å². The Balaban J connectivity index is 1.61. The van der Waals surface area contributed by atoms with E-state index in [-0.39, 0.29) is 29.8 Å². The molecule has 7 heteroatoms. The number of aryl methyl sites for hydroxylation is 1. The summed E-state index contributed by atoms with van der Waals surface area (Å²) in [7, 11) is 0. The van der Waals surface area contributed by atoms with Crippen molar-refractivity contribution in [2.24, 2.45) is 0 Å². The van der Waals surface area contributed by atoms with E-state index in [9.17, 15) is 9.59 Å². The van der Waals surface area contributed by atoms with Crippen LogP contribution >= 0.6 is 11.8 Å². The van der Waals surface area contributed by atoms with Gasteiger partial charge in [0.2, 0.25) is 11.8 Å². The van der Waals surface area contributed by atoms with E-state index in [0.717, 1.165) is 55.4 Å². The molecule has 2 aliphatic rings. The molecule has 0 aliphatic carbocycles. The molecule has 0 aromatic heterocycles. The van der Waals surface area contributed by atoms with Gasteiger partial charge in [-0.2, -0.15) is 11.8 Å². The van der Waals surface area contributed by atoms with Crippen LogP contribution < -0.4 is 10.6 Å². The van der Waals surface area contributed by atoms with Gasteiger partial charge in [0.15, 0.2) is 0 Å². The molecule has 2 N–H and O–H groups in total. The number of amides is 2. The van der Waals surface area contributed by atoms with Crippen LogP contribution in [-0.4, -0.2) is 66.6 Å². The lowest BCUT2D eigenvalue weighted by molar-refractivity contribution is -0.123. The van der Waals surface area contributed by atoms with Gasteiger partial charge in [0.1, 0.15) is 0 Å². The third-order valence-electron chi connectivity index (χ3n) is 5.63. The van der Waals surface area contributed by atoms with Crippen molar-refractivity contribution in [2.75, 3.05) is 44.4 Å². The SMILES string of the molecule is CC(=O)NC(CC(=O)NCC1(N2CCOCC2)CCSC1)c1ccc(C)cc1. The summed E-state index contributed by atoms with van der Waals surface area (Å²) in [5, 5.41) is 6.08. The fourth-order valence-corrected chi connectivity index (χ4v) is 5.43. The number of hydrogen-bond acceptors (Lipinski definition) is 5. The topological polar surface area (TPSA) is 70.7 Å². The van der Waals surface area contributed by atoms with Crippen LogP contribution in [0.3, 0.4) is 0 Å². The number of thioether (sulfide) groups is 1. The van der Waals surface area contributed by atoms with E-state index < -0.39 is 0 Å². The van der Waals surface area contributed by atoms with Crippen LogP contribution in [0.2, 0.25) is 0 Å². The second-order valence-electron chi connectivity index (χ2n) is 7.77. The predicted molar refractivity (Wildman–Crippen MR) is 112 cm³/mol. The molecular formula is C21H31N3O3S. The molecule has 2 amide bonds. The van der Waals surface area contributed by atoms with Crippen LogP contribution in [-0.2, 0) is 14.3 Å². The van der Waals surface area contributed by atoms with Gasteiger partial charge in [0.25, 0.3) is 0 Å². The van der Waals surface area contributed by atoms with Crippen molar-refractivity contribution in [1.82, 2.24) is 15.5 Å². The summed E-state index contributed by atoms with van der Waals surface area (Å²) in [5.41, 5.74) is 2.13. The second-order valence-corrected chi connectivity index (χ2v) is 8.88. The number of morpholine rings is 1. The number of ether oxygens (including phenoxy) is 1. The number of carbonyl (C=O) groups is 2. The monoisotopic (exact) mass is 405 g/mol. The van der Waals surface area contributed by atoms with Crippen molar-refractivity contribution in [1.29, 1.82) is 0 Å². The van der Waals surface area contributed by atoms with E-state index in [1.807, 2.05) is 43.0 Å². The quantitative estimate of drug-likeness (QED) is 0.725. The molecule has 154 valence electrons. The van der Waals surface area contributed by atoms with Crippen LogP contribution in [0.15, 0.2) is 24.3 Å². The van der Waals surface area contributed by atoms with Crippen LogP contribution in [0.1, 0.15) is 36.9 Å². The van der Waals surface area contributed by atoms with Crippen molar-refractivity contribution in [3.63, 3.8) is 0 Å². The molecule has 0 saturated carbocycles. The molecule has 2 atom stereocenters. The minimum atomic E-state index is -0.310. The maximum absolute atomic E-state index is 12.7. The Morgan fingerprint density at radius 3 is 2.57 bits per heavy atom. The molecule has 28 heavy (non-hydrogen) atoms. The van der Waals surface area contributed by atoms with Crippen LogP contribution in [0.4, 0.5) is 0 Å². The standard InChI is InChI=1S/C21H31N3O3S/c1-16-3-5-18(6-4-16)19(23-17(2)25)13-20(26)22-14-21(7-12-28-15-21)24-8-10-27-11-9-24/h3-6,19H,7-15H2,1-2H3,(H,22,26)(H,23,25). The van der Waals surface area contributed by atoms with E-state index in [0.29, 0.717) is 6.54 Å². The minimum Gasteiger partial charge on any atom is -0.379 e. The van der Waals surface area contributed by atoms with Gasteiger partial charge < -0.3 is 15.4 Å². The van der Waals surface area contributed by atoms with Crippen molar-refractivity contribution >= 4 is 23.6 Å². The highest BCUT2D eigenvalue weighted by Gasteiger charge is 2.40. The molecule has 1 aromatic carbocycles. The average molecular weight is 406 g/mol. The van der Waals surface area contributed by atoms with E-state index in [2.05, 4.69) is 15.5 Å². The third kappa shape index (κ3) is 5.49. The molecule has 1 aromatic rings. The Morgan fingerprint density at radius 2 is 1.96 bits per heavy atom. The first-order chi connectivity index (χ1) is 13.5. The van der Waals surface area contributed by atoms with E-state index in [1.54, 1.807) is 0 Å². The Kier molecular flexibility index (Phi) is 7.37. The Hall–Kier alpha value is -1.57. The van der Waals surface area contributed by atoms with Gasteiger partial charge in [-0.3, -0.25) is 14.5 Å². The molecule has 2 saturated heterocycles. The van der Waals surface area contributed by atoms with Crippen molar-refractivity contribution in [2.45, 2.75) is 38.3 Å². The summed E-state index contributed by atoms with van der Waals surface area (Å²) >= 11 is 1.96. The largest absolute Gasteiger partial charge is 0.379 e. The molecule has 2 unspecified atom stereocenters. The van der Waals surface area contributed by atoms with Crippen LogP contribution in [0.25, 0.3) is 0 Å². The van der Waals surface area contributed by atoms with Gasteiger partial charge in [-0.1, -0.05) is 29.8 Å². The first-order valence-corrected chi connectivity index (χ1v) is 11.1. The van der Waals surface area contributed by atoms with E-state index in [1.165, 1.54) is 6.92 Å². The second kappa shape index (κ2) is 9.76. The van der Waals surface area contributed by atoms with E-state index >= 15 is 0 Å². The van der Waals surface area contributed by atoms with Gasteiger partial charge in [0.05, 0.1) is 25.7 Å². The molecule has 2 aliphatic heterocycles. The zero-order valence-electron chi connectivity index (χ0n) is 16.8. The lowest BCUT2D eigenvalue weighted by Crippen LogP contribution is -2.59. The van der Waals surface area contributed by atoms with Gasteiger partial charge in [-0.15, -0.1) is 0 Å². The first kappa shape index (κ1) is 21.1. The first-order valence-electron chi connectivity index (χ1n) is 9.99. The summed E-state index contributed by atoms with van der Waals surface area (Å²) in [6.07, 6.45) is 1.33. The third-order valence-corrected chi connectivity index (χ3v) is 6.86.